The van der Waals surface area contributed by atoms with E-state index in [1.807, 2.05) is 67.5 Å². The van der Waals surface area contributed by atoms with Gasteiger partial charge in [0.05, 0.1) is 10.8 Å². The number of hydrogen-bond acceptors (Lipinski definition) is 5. The number of nitrogens with zero attached hydrogens (tertiary/aromatic N) is 4. The fraction of sp³-hybridized carbons (Fsp3) is 0.133. The van der Waals surface area contributed by atoms with E-state index in [0.29, 0.717) is 11.4 Å². The summed E-state index contributed by atoms with van der Waals surface area (Å²) in [6, 6.07) is 15.2. The Morgan fingerprint density at radius 2 is 1.40 bits per heavy atom. The molecule has 0 atom stereocenters. The predicted octanol–water partition coefficient (Wildman–Crippen LogP) is 4.90. The third-order valence-corrected chi connectivity index (χ3v) is 2.77. The number of rotatable bonds is 4. The smallest absolute Gasteiger partial charge is 0.112 e. The molecule has 0 bridgehead atoms. The maximum absolute atomic E-state index is 4.63. The number of para-hydroxylation sites is 2. The average molecular weight is 282 g/mol. The summed E-state index contributed by atoms with van der Waals surface area (Å²) in [4.78, 5) is 5.97. The van der Waals surface area contributed by atoms with Crippen LogP contribution in [0.25, 0.3) is 0 Å². The van der Waals surface area contributed by atoms with Gasteiger partial charge in [0.15, 0.2) is 0 Å². The zero-order chi connectivity index (χ0) is 14.4. The Morgan fingerprint density at radius 3 is 2.05 bits per heavy atom. The van der Waals surface area contributed by atoms with Crippen LogP contribution in [0.1, 0.15) is 0 Å². The molecule has 2 aromatic rings. The molecule has 0 fully saturated rings. The minimum atomic E-state index is 0.661. The van der Waals surface area contributed by atoms with Gasteiger partial charge in [0.1, 0.15) is 17.1 Å². The lowest BCUT2D eigenvalue weighted by atomic mass is 10.2. The van der Waals surface area contributed by atoms with Crippen molar-refractivity contribution >= 4 is 40.1 Å². The van der Waals surface area contributed by atoms with E-state index in [1.165, 1.54) is 0 Å². The summed E-state index contributed by atoms with van der Waals surface area (Å²) < 4.78 is 0. The van der Waals surface area contributed by atoms with Crippen molar-refractivity contribution in [3.05, 3.63) is 48.5 Å². The number of thiocarbonyl (C=S) groups is 1. The topological polar surface area (TPSA) is 40.3 Å². The van der Waals surface area contributed by atoms with Crippen molar-refractivity contribution in [2.24, 2.45) is 15.2 Å². The minimum Gasteiger partial charge on any atom is -0.376 e. The first-order valence-electron chi connectivity index (χ1n) is 6.07. The highest BCUT2D eigenvalue weighted by Crippen LogP contribution is 2.31. The summed E-state index contributed by atoms with van der Waals surface area (Å²) >= 11 is 4.63. The molecule has 0 N–H and O–H groups in total. The molecule has 20 heavy (non-hydrogen) atoms. The van der Waals surface area contributed by atoms with Crippen LogP contribution in [0.3, 0.4) is 0 Å². The monoisotopic (exact) mass is 282 g/mol. The van der Waals surface area contributed by atoms with E-state index >= 15 is 0 Å². The van der Waals surface area contributed by atoms with E-state index in [1.54, 1.807) is 0 Å². The predicted molar refractivity (Wildman–Crippen MR) is 86.1 cm³/mol. The van der Waals surface area contributed by atoms with Gasteiger partial charge in [-0.1, -0.05) is 24.3 Å². The molecule has 0 radical (unpaired) electrons. The molecule has 4 nitrogen and oxygen atoms in total. The molecular formula is C15H14N4S. The van der Waals surface area contributed by atoms with Crippen molar-refractivity contribution in [1.29, 1.82) is 0 Å². The number of benzene rings is 2. The van der Waals surface area contributed by atoms with Crippen molar-refractivity contribution < 1.29 is 0 Å². The average Bonchev–Trinajstić information content (AvgIpc) is 2.47. The fourth-order valence-corrected chi connectivity index (χ4v) is 1.83. The number of isothiocyanates is 1. The van der Waals surface area contributed by atoms with E-state index in [2.05, 4.69) is 32.6 Å². The molecule has 2 rings (SSSR count). The maximum atomic E-state index is 4.63. The Labute approximate surface area is 123 Å². The van der Waals surface area contributed by atoms with Crippen molar-refractivity contribution in [2.45, 2.75) is 0 Å². The Morgan fingerprint density at radius 1 is 0.850 bits per heavy atom. The van der Waals surface area contributed by atoms with Gasteiger partial charge in [0.25, 0.3) is 0 Å². The van der Waals surface area contributed by atoms with Crippen molar-refractivity contribution in [3.63, 3.8) is 0 Å². The molecule has 0 heterocycles. The number of hydrogen-bond donors (Lipinski definition) is 0. The summed E-state index contributed by atoms with van der Waals surface area (Å²) in [5, 5.41) is 10.9. The molecule has 0 saturated heterocycles. The van der Waals surface area contributed by atoms with Crippen LogP contribution in [0.15, 0.2) is 63.8 Å². The molecule has 0 aliphatic carbocycles. The van der Waals surface area contributed by atoms with E-state index in [0.717, 1.165) is 11.4 Å². The Kier molecular flexibility index (Phi) is 4.71. The molecule has 0 aliphatic heterocycles. The molecule has 0 spiro atoms. The van der Waals surface area contributed by atoms with Crippen LogP contribution in [-0.4, -0.2) is 19.3 Å². The number of aliphatic imine (C=N–C) groups is 1. The zero-order valence-electron chi connectivity index (χ0n) is 11.3. The van der Waals surface area contributed by atoms with Crippen LogP contribution in [0.2, 0.25) is 0 Å². The lowest BCUT2D eigenvalue weighted by molar-refractivity contribution is 1.11. The highest BCUT2D eigenvalue weighted by atomic mass is 32.1. The van der Waals surface area contributed by atoms with Crippen LogP contribution in [-0.2, 0) is 0 Å². The third kappa shape index (κ3) is 3.35. The van der Waals surface area contributed by atoms with Gasteiger partial charge >= 0.3 is 0 Å². The zero-order valence-corrected chi connectivity index (χ0v) is 12.1. The summed E-state index contributed by atoms with van der Waals surface area (Å²) in [6.45, 7) is 0. The molecule has 100 valence electrons. The Balaban J connectivity index is 2.37. The Hall–Kier alpha value is -2.36. The first-order valence-corrected chi connectivity index (χ1v) is 6.48. The normalized spacial score (nSPS) is 10.3. The molecular weight excluding hydrogens is 268 g/mol. The number of azo groups is 1. The number of anilines is 1. The Bertz CT molecular complexity index is 673. The molecule has 0 amide bonds. The van der Waals surface area contributed by atoms with E-state index in [4.69, 9.17) is 0 Å². The summed E-state index contributed by atoms with van der Waals surface area (Å²) in [6.07, 6.45) is 0. The summed E-state index contributed by atoms with van der Waals surface area (Å²) in [5.41, 5.74) is 3.14. The first kappa shape index (κ1) is 14.1. The van der Waals surface area contributed by atoms with Gasteiger partial charge in [-0.05, 0) is 36.5 Å². The second-order valence-electron chi connectivity index (χ2n) is 4.27. The molecule has 0 unspecified atom stereocenters. The molecule has 0 saturated carbocycles. The van der Waals surface area contributed by atoms with E-state index in [-0.39, 0.29) is 0 Å². The molecule has 0 aromatic heterocycles. The van der Waals surface area contributed by atoms with E-state index < -0.39 is 0 Å². The molecule has 5 heteroatoms. The SMILES string of the molecule is CN(C)c1ccccc1N=Nc1ccccc1N=C=S. The van der Waals surface area contributed by atoms with Gasteiger partial charge in [0.2, 0.25) is 0 Å². The summed E-state index contributed by atoms with van der Waals surface area (Å²) in [7, 11) is 3.94. The second kappa shape index (κ2) is 6.70. The van der Waals surface area contributed by atoms with Crippen LogP contribution in [0.4, 0.5) is 22.7 Å². The highest BCUT2D eigenvalue weighted by molar-refractivity contribution is 7.78. The van der Waals surface area contributed by atoms with Gasteiger partial charge in [-0.25, -0.2) is 0 Å². The van der Waals surface area contributed by atoms with Crippen molar-refractivity contribution in [2.75, 3.05) is 19.0 Å². The molecule has 0 aliphatic rings. The van der Waals surface area contributed by atoms with Crippen molar-refractivity contribution in [1.82, 2.24) is 0 Å². The quantitative estimate of drug-likeness (QED) is 0.454. The third-order valence-electron chi connectivity index (χ3n) is 2.68. The fourth-order valence-electron chi connectivity index (χ4n) is 1.73. The summed E-state index contributed by atoms with van der Waals surface area (Å²) in [5.74, 6) is 0. The lowest BCUT2D eigenvalue weighted by Crippen LogP contribution is -2.08. The second-order valence-corrected chi connectivity index (χ2v) is 4.46. The van der Waals surface area contributed by atoms with Gasteiger partial charge in [-0.2, -0.15) is 4.99 Å². The lowest BCUT2D eigenvalue weighted by Gasteiger charge is -2.13. The van der Waals surface area contributed by atoms with Crippen LogP contribution >= 0.6 is 12.2 Å². The van der Waals surface area contributed by atoms with Crippen LogP contribution in [0, 0.1) is 0 Å². The van der Waals surface area contributed by atoms with Gasteiger partial charge in [0, 0.05) is 14.1 Å². The van der Waals surface area contributed by atoms with Gasteiger partial charge in [-0.15, -0.1) is 10.2 Å². The van der Waals surface area contributed by atoms with Crippen LogP contribution < -0.4 is 4.90 Å². The molecule has 2 aromatic carbocycles. The largest absolute Gasteiger partial charge is 0.376 e. The van der Waals surface area contributed by atoms with Crippen LogP contribution in [0.5, 0.6) is 0 Å². The van der Waals surface area contributed by atoms with Crippen molar-refractivity contribution in [3.8, 4) is 0 Å². The first-order chi connectivity index (χ1) is 9.72. The standard InChI is InChI=1S/C15H14N4S/c1-19(2)15-10-6-5-9-14(15)18-17-13-8-4-3-7-12(13)16-11-20/h3-10H,1-2H3. The van der Waals surface area contributed by atoms with Gasteiger partial charge < -0.3 is 4.90 Å². The van der Waals surface area contributed by atoms with Gasteiger partial charge in [-0.3, -0.25) is 0 Å². The maximum Gasteiger partial charge on any atom is 0.112 e. The minimum absolute atomic E-state index is 0.661. The van der Waals surface area contributed by atoms with E-state index in [9.17, 15) is 0 Å². The highest BCUT2D eigenvalue weighted by Gasteiger charge is 2.03.